The Labute approximate surface area is 240 Å². The molecule has 7 rings (SSSR count). The summed E-state index contributed by atoms with van der Waals surface area (Å²) in [5.41, 5.74) is 10.8. The topological polar surface area (TPSA) is 57.8 Å². The summed E-state index contributed by atoms with van der Waals surface area (Å²) in [7, 11) is 0. The van der Waals surface area contributed by atoms with Crippen molar-refractivity contribution in [3.8, 4) is 5.69 Å². The van der Waals surface area contributed by atoms with Crippen molar-refractivity contribution < 1.29 is 0 Å². The van der Waals surface area contributed by atoms with Gasteiger partial charge in [-0.1, -0.05) is 73.7 Å². The third-order valence-corrected chi connectivity index (χ3v) is 7.99. The molecule has 2 aliphatic rings. The number of anilines is 2. The number of hydrogen-bond acceptors (Lipinski definition) is 5. The molecule has 41 heavy (non-hydrogen) atoms. The van der Waals surface area contributed by atoms with E-state index in [-0.39, 0.29) is 6.04 Å². The van der Waals surface area contributed by atoms with Gasteiger partial charge in [-0.3, -0.25) is 0 Å². The zero-order valence-electron chi connectivity index (χ0n) is 23.8. The number of hydrogen-bond donors (Lipinski definition) is 1. The van der Waals surface area contributed by atoms with Crippen molar-refractivity contribution >= 4 is 34.6 Å². The molecule has 0 saturated heterocycles. The summed E-state index contributed by atoms with van der Waals surface area (Å²) in [5, 5.41) is 8.71. The number of amidine groups is 2. The highest BCUT2D eigenvalue weighted by atomic mass is 15.4. The van der Waals surface area contributed by atoms with Gasteiger partial charge in [0.25, 0.3) is 0 Å². The number of aryl methyl sites for hydroxylation is 4. The maximum Gasteiger partial charge on any atom is 0.179 e. The zero-order valence-corrected chi connectivity index (χ0v) is 23.8. The second kappa shape index (κ2) is 9.89. The lowest BCUT2D eigenvalue weighted by molar-refractivity contribution is 0.814. The number of fused-ring (bicyclic) bond motifs is 4. The summed E-state index contributed by atoms with van der Waals surface area (Å²) >= 11 is 0. The van der Waals surface area contributed by atoms with Gasteiger partial charge in [0.15, 0.2) is 17.5 Å². The van der Waals surface area contributed by atoms with E-state index in [4.69, 9.17) is 15.1 Å². The summed E-state index contributed by atoms with van der Waals surface area (Å²) in [6.45, 7) is 8.50. The molecule has 3 heterocycles. The van der Waals surface area contributed by atoms with Crippen LogP contribution in [0.15, 0.2) is 107 Å². The molecule has 4 aromatic carbocycles. The molecule has 0 amide bonds. The molecule has 0 aliphatic carbocycles. The second-order valence-corrected chi connectivity index (χ2v) is 10.8. The maximum absolute atomic E-state index is 5.35. The van der Waals surface area contributed by atoms with E-state index in [0.717, 1.165) is 63.5 Å². The summed E-state index contributed by atoms with van der Waals surface area (Å²) in [5.74, 6) is 2.33. The van der Waals surface area contributed by atoms with Gasteiger partial charge in [0.05, 0.1) is 28.8 Å². The number of aliphatic imine (C=N–C) groups is 2. The third kappa shape index (κ3) is 4.23. The van der Waals surface area contributed by atoms with Crippen molar-refractivity contribution in [1.82, 2.24) is 9.78 Å². The molecule has 1 aromatic heterocycles. The molecule has 1 unspecified atom stereocenters. The monoisotopic (exact) mass is 536 g/mol. The molecule has 1 N–H and O–H groups in total. The van der Waals surface area contributed by atoms with E-state index in [9.17, 15) is 0 Å². The first-order valence-electron chi connectivity index (χ1n) is 14.2. The molecule has 0 bridgehead atoms. The first kappa shape index (κ1) is 25.0. The normalized spacial score (nSPS) is 15.4. The summed E-state index contributed by atoms with van der Waals surface area (Å²) < 4.78 is 1.97. The van der Waals surface area contributed by atoms with Crippen LogP contribution in [0, 0.1) is 20.8 Å². The molecule has 6 nitrogen and oxygen atoms in total. The highest BCUT2D eigenvalue weighted by Gasteiger charge is 2.41. The fraction of sp³-hybridized carbons (Fsp3) is 0.171. The fourth-order valence-electron chi connectivity index (χ4n) is 5.80. The van der Waals surface area contributed by atoms with Crippen molar-refractivity contribution in [3.63, 3.8) is 0 Å². The van der Waals surface area contributed by atoms with Crippen LogP contribution in [-0.2, 0) is 6.42 Å². The van der Waals surface area contributed by atoms with Crippen LogP contribution in [0.25, 0.3) is 5.69 Å². The van der Waals surface area contributed by atoms with E-state index in [1.165, 1.54) is 16.7 Å². The van der Waals surface area contributed by atoms with Gasteiger partial charge in [0, 0.05) is 11.3 Å². The van der Waals surface area contributed by atoms with Gasteiger partial charge in [-0.25, -0.2) is 14.7 Å². The Morgan fingerprint density at radius 1 is 0.805 bits per heavy atom. The number of benzene rings is 4. The first-order chi connectivity index (χ1) is 20.0. The SMILES string of the molecule is CCc1ccc(C2c3c(C)nn(-c4ccccc4)c3N=C3C(Nc4cc(C)ccc4C)=Nc4ccccc4N32)cc1. The van der Waals surface area contributed by atoms with Crippen molar-refractivity contribution in [1.29, 1.82) is 0 Å². The minimum Gasteiger partial charge on any atom is -0.337 e. The van der Waals surface area contributed by atoms with E-state index in [0.29, 0.717) is 0 Å². The highest BCUT2D eigenvalue weighted by molar-refractivity contribution is 6.51. The Morgan fingerprint density at radius 2 is 1.56 bits per heavy atom. The number of aromatic nitrogens is 2. The predicted octanol–water partition coefficient (Wildman–Crippen LogP) is 8.16. The van der Waals surface area contributed by atoms with Gasteiger partial charge in [0.1, 0.15) is 0 Å². The van der Waals surface area contributed by atoms with Crippen LogP contribution < -0.4 is 10.2 Å². The van der Waals surface area contributed by atoms with Crippen molar-refractivity contribution in [2.75, 3.05) is 10.2 Å². The number of rotatable bonds is 4. The zero-order chi connectivity index (χ0) is 28.1. The van der Waals surface area contributed by atoms with Crippen LogP contribution in [0.3, 0.4) is 0 Å². The fourth-order valence-corrected chi connectivity index (χ4v) is 5.80. The van der Waals surface area contributed by atoms with E-state index in [1.54, 1.807) is 0 Å². The molecule has 5 aromatic rings. The van der Waals surface area contributed by atoms with Gasteiger partial charge >= 0.3 is 0 Å². The van der Waals surface area contributed by atoms with Gasteiger partial charge in [-0.05, 0) is 79.8 Å². The molecule has 0 radical (unpaired) electrons. The van der Waals surface area contributed by atoms with Gasteiger partial charge in [-0.15, -0.1) is 0 Å². The van der Waals surface area contributed by atoms with Crippen molar-refractivity contribution in [2.24, 2.45) is 9.98 Å². The van der Waals surface area contributed by atoms with Crippen LogP contribution in [-0.4, -0.2) is 21.5 Å². The number of nitrogens with one attached hydrogen (secondary N) is 1. The van der Waals surface area contributed by atoms with E-state index in [1.807, 2.05) is 28.9 Å². The Hall–Kier alpha value is -4.97. The largest absolute Gasteiger partial charge is 0.337 e. The first-order valence-corrected chi connectivity index (χ1v) is 14.2. The lowest BCUT2D eigenvalue weighted by Crippen LogP contribution is -2.46. The smallest absolute Gasteiger partial charge is 0.179 e. The average molecular weight is 537 g/mol. The lowest BCUT2D eigenvalue weighted by atomic mass is 9.92. The molecule has 2 aliphatic heterocycles. The second-order valence-electron chi connectivity index (χ2n) is 10.8. The average Bonchev–Trinajstić information content (AvgIpc) is 3.34. The van der Waals surface area contributed by atoms with Crippen LogP contribution in [0.2, 0.25) is 0 Å². The van der Waals surface area contributed by atoms with E-state index < -0.39 is 0 Å². The number of nitrogens with zero attached hydrogens (tertiary/aromatic N) is 5. The van der Waals surface area contributed by atoms with Crippen LogP contribution in [0.4, 0.5) is 22.9 Å². The molecule has 0 fully saturated rings. The van der Waals surface area contributed by atoms with Crippen LogP contribution in [0.1, 0.15) is 46.5 Å². The maximum atomic E-state index is 5.35. The third-order valence-electron chi connectivity index (χ3n) is 7.99. The minimum atomic E-state index is -0.132. The Morgan fingerprint density at radius 3 is 2.34 bits per heavy atom. The van der Waals surface area contributed by atoms with Crippen LogP contribution in [0.5, 0.6) is 0 Å². The van der Waals surface area contributed by atoms with Crippen molar-refractivity contribution in [2.45, 2.75) is 40.2 Å². The summed E-state index contributed by atoms with van der Waals surface area (Å²) in [6, 6.07) is 33.8. The summed E-state index contributed by atoms with van der Waals surface area (Å²) in [6.07, 6.45) is 0.997. The molecule has 0 spiro atoms. The molecule has 1 atom stereocenters. The minimum absolute atomic E-state index is 0.132. The van der Waals surface area contributed by atoms with Crippen molar-refractivity contribution in [3.05, 3.63) is 131 Å². The Balaban J connectivity index is 1.49. The quantitative estimate of drug-likeness (QED) is 0.252. The van der Waals surface area contributed by atoms with E-state index >= 15 is 0 Å². The number of para-hydroxylation sites is 3. The van der Waals surface area contributed by atoms with Gasteiger partial charge < -0.3 is 10.2 Å². The lowest BCUT2D eigenvalue weighted by Gasteiger charge is -2.40. The van der Waals surface area contributed by atoms with Crippen LogP contribution >= 0.6 is 0 Å². The molecule has 6 heteroatoms. The summed E-state index contributed by atoms with van der Waals surface area (Å²) in [4.78, 5) is 12.8. The van der Waals surface area contributed by atoms with E-state index in [2.05, 4.69) is 111 Å². The van der Waals surface area contributed by atoms with Gasteiger partial charge in [0.2, 0.25) is 0 Å². The molecular formula is C35H32N6. The molecule has 0 saturated carbocycles. The Bertz CT molecular complexity index is 1830. The molecule has 202 valence electrons. The standard InChI is InChI=1S/C35H32N6/c1-5-25-17-19-26(20-18-25)32-31-24(4)39-41(27-11-7-6-8-12-27)34(31)38-35-33(37-29-21-22(2)15-16-23(29)3)36-28-13-9-10-14-30(28)40(32)35/h6-21,32H,5H2,1-4H3,(H,36,37). The highest BCUT2D eigenvalue weighted by Crippen LogP contribution is 2.48. The predicted molar refractivity (Wildman–Crippen MR) is 169 cm³/mol. The Kier molecular flexibility index (Phi) is 6.04. The molecular weight excluding hydrogens is 504 g/mol. The van der Waals surface area contributed by atoms with Gasteiger partial charge in [-0.2, -0.15) is 5.10 Å².